The minimum atomic E-state index is -1.82. The maximum Gasteiger partial charge on any atom is 0.249 e. The third-order valence-corrected chi connectivity index (χ3v) is 2.36. The van der Waals surface area contributed by atoms with Gasteiger partial charge in [-0.2, -0.15) is 0 Å². The Morgan fingerprint density at radius 2 is 2.07 bits per heavy atom. The fourth-order valence-corrected chi connectivity index (χ4v) is 1.40. The molecule has 0 aromatic heterocycles. The molecule has 2 unspecified atom stereocenters. The first-order chi connectivity index (χ1) is 6.93. The molecule has 4 nitrogen and oxygen atoms in total. The van der Waals surface area contributed by atoms with Crippen molar-refractivity contribution in [1.29, 1.82) is 0 Å². The zero-order valence-electron chi connectivity index (χ0n) is 7.52. The Morgan fingerprint density at radius 1 is 1.47 bits per heavy atom. The van der Waals surface area contributed by atoms with Crippen LogP contribution in [0, 0.1) is 5.82 Å². The van der Waals surface area contributed by atoms with Gasteiger partial charge in [0.05, 0.1) is 0 Å². The van der Waals surface area contributed by atoms with E-state index in [0.717, 1.165) is 6.07 Å². The highest BCUT2D eigenvalue weighted by Gasteiger charge is 2.25. The van der Waals surface area contributed by atoms with E-state index in [4.69, 9.17) is 10.8 Å². The molecular weight excluding hydrogens is 269 g/mol. The van der Waals surface area contributed by atoms with Crippen molar-refractivity contribution in [2.45, 2.75) is 12.2 Å². The van der Waals surface area contributed by atoms with Gasteiger partial charge in [0.2, 0.25) is 5.91 Å². The van der Waals surface area contributed by atoms with E-state index >= 15 is 0 Å². The van der Waals surface area contributed by atoms with Crippen LogP contribution in [0.3, 0.4) is 0 Å². The van der Waals surface area contributed by atoms with Crippen LogP contribution in [0.15, 0.2) is 22.7 Å². The number of hydrogen-bond donors (Lipinski definition) is 3. The summed E-state index contributed by atoms with van der Waals surface area (Å²) in [6.45, 7) is 0. The lowest BCUT2D eigenvalue weighted by Gasteiger charge is -2.15. The van der Waals surface area contributed by atoms with Gasteiger partial charge in [-0.15, -0.1) is 0 Å². The van der Waals surface area contributed by atoms with Crippen LogP contribution in [0.5, 0.6) is 0 Å². The number of aliphatic hydroxyl groups is 2. The number of rotatable bonds is 3. The Hall–Kier alpha value is -0.980. The lowest BCUT2D eigenvalue weighted by atomic mass is 10.0. The Balaban J connectivity index is 3.01. The second-order valence-electron chi connectivity index (χ2n) is 2.96. The summed E-state index contributed by atoms with van der Waals surface area (Å²) in [6.07, 6.45) is -3.48. The van der Waals surface area contributed by atoms with E-state index in [1.54, 1.807) is 0 Å². The third-order valence-electron chi connectivity index (χ3n) is 1.87. The summed E-state index contributed by atoms with van der Waals surface area (Å²) in [5.74, 6) is -1.83. The monoisotopic (exact) mass is 277 g/mol. The van der Waals surface area contributed by atoms with Gasteiger partial charge in [0.1, 0.15) is 11.9 Å². The minimum Gasteiger partial charge on any atom is -0.385 e. The van der Waals surface area contributed by atoms with E-state index in [1.165, 1.54) is 12.1 Å². The lowest BCUT2D eigenvalue weighted by molar-refractivity contribution is -0.132. The number of benzene rings is 1. The summed E-state index contributed by atoms with van der Waals surface area (Å²) in [5.41, 5.74) is 4.60. The number of nitrogens with two attached hydrogens (primary N) is 1. The third kappa shape index (κ3) is 2.74. The van der Waals surface area contributed by atoms with Crippen LogP contribution < -0.4 is 5.73 Å². The first-order valence-electron chi connectivity index (χ1n) is 4.04. The molecule has 0 saturated heterocycles. The molecule has 1 aromatic rings. The van der Waals surface area contributed by atoms with Crippen LogP contribution in [0.1, 0.15) is 11.7 Å². The van der Waals surface area contributed by atoms with Crippen LogP contribution in [0.2, 0.25) is 0 Å². The maximum atomic E-state index is 13.3. The Kier molecular flexibility index (Phi) is 3.78. The molecule has 1 aromatic carbocycles. The normalized spacial score (nSPS) is 14.7. The smallest absolute Gasteiger partial charge is 0.249 e. The van der Waals surface area contributed by atoms with Gasteiger partial charge in [0.25, 0.3) is 0 Å². The summed E-state index contributed by atoms with van der Waals surface area (Å²) in [4.78, 5) is 10.6. The molecule has 0 aliphatic heterocycles. The number of primary amides is 1. The fraction of sp³-hybridized carbons (Fsp3) is 0.222. The molecule has 0 aliphatic rings. The van der Waals surface area contributed by atoms with Crippen LogP contribution in [-0.4, -0.2) is 22.2 Å². The molecule has 0 heterocycles. The number of hydrogen-bond acceptors (Lipinski definition) is 3. The fourth-order valence-electron chi connectivity index (χ4n) is 1.07. The standard InChI is InChI=1S/C9H9BrFNO3/c10-4-1-2-5(6(11)3-4)7(13)8(14)9(12)15/h1-3,7-8,13-14H,(H2,12,15). The topological polar surface area (TPSA) is 83.6 Å². The minimum absolute atomic E-state index is 0.176. The van der Waals surface area contributed by atoms with Gasteiger partial charge in [-0.1, -0.05) is 22.0 Å². The predicted molar refractivity (Wildman–Crippen MR) is 54.3 cm³/mol. The molecular formula is C9H9BrFNO3. The van der Waals surface area contributed by atoms with E-state index in [-0.39, 0.29) is 5.56 Å². The van der Waals surface area contributed by atoms with E-state index in [1.807, 2.05) is 0 Å². The molecule has 2 atom stereocenters. The molecule has 15 heavy (non-hydrogen) atoms. The second kappa shape index (κ2) is 4.69. The number of aliphatic hydroxyl groups excluding tert-OH is 2. The van der Waals surface area contributed by atoms with Crippen molar-refractivity contribution in [3.05, 3.63) is 34.1 Å². The molecule has 0 saturated carbocycles. The van der Waals surface area contributed by atoms with Crippen molar-refractivity contribution in [3.8, 4) is 0 Å². The average molecular weight is 278 g/mol. The average Bonchev–Trinajstić information content (AvgIpc) is 2.15. The molecule has 4 N–H and O–H groups in total. The van der Waals surface area contributed by atoms with E-state index in [9.17, 15) is 14.3 Å². The number of halogens is 2. The molecule has 82 valence electrons. The van der Waals surface area contributed by atoms with E-state index in [2.05, 4.69) is 15.9 Å². The summed E-state index contributed by atoms with van der Waals surface area (Å²) < 4.78 is 13.8. The van der Waals surface area contributed by atoms with Gasteiger partial charge in [0, 0.05) is 10.0 Å². The van der Waals surface area contributed by atoms with Gasteiger partial charge in [0.15, 0.2) is 6.10 Å². The Bertz CT molecular complexity index is 386. The Morgan fingerprint density at radius 3 is 2.53 bits per heavy atom. The highest BCUT2D eigenvalue weighted by Crippen LogP contribution is 2.23. The molecule has 0 radical (unpaired) electrons. The maximum absolute atomic E-state index is 13.3. The van der Waals surface area contributed by atoms with Gasteiger partial charge in [-0.25, -0.2) is 4.39 Å². The van der Waals surface area contributed by atoms with E-state index in [0.29, 0.717) is 4.47 Å². The van der Waals surface area contributed by atoms with Crippen LogP contribution in [-0.2, 0) is 4.79 Å². The van der Waals surface area contributed by atoms with E-state index < -0.39 is 23.9 Å². The molecule has 0 aliphatic carbocycles. The molecule has 0 spiro atoms. The van der Waals surface area contributed by atoms with Crippen molar-refractivity contribution < 1.29 is 19.4 Å². The van der Waals surface area contributed by atoms with Gasteiger partial charge >= 0.3 is 0 Å². The summed E-state index contributed by atoms with van der Waals surface area (Å²) in [5, 5.41) is 18.6. The van der Waals surface area contributed by atoms with Crippen molar-refractivity contribution in [3.63, 3.8) is 0 Å². The number of amides is 1. The molecule has 1 amide bonds. The van der Waals surface area contributed by atoms with Gasteiger partial charge in [-0.3, -0.25) is 4.79 Å². The van der Waals surface area contributed by atoms with Gasteiger partial charge < -0.3 is 15.9 Å². The predicted octanol–water partition coefficient (Wildman–Crippen LogP) is 0.468. The molecule has 0 bridgehead atoms. The summed E-state index contributed by atoms with van der Waals surface area (Å²) in [6, 6.07) is 3.86. The summed E-state index contributed by atoms with van der Waals surface area (Å²) >= 11 is 3.04. The zero-order valence-corrected chi connectivity index (χ0v) is 9.11. The Labute approximate surface area is 93.6 Å². The number of carbonyl (C=O) groups is 1. The highest BCUT2D eigenvalue weighted by molar-refractivity contribution is 9.10. The highest BCUT2D eigenvalue weighted by atomic mass is 79.9. The lowest BCUT2D eigenvalue weighted by Crippen LogP contribution is -2.34. The first kappa shape index (κ1) is 12.1. The summed E-state index contributed by atoms with van der Waals surface area (Å²) in [7, 11) is 0. The van der Waals surface area contributed by atoms with Crippen LogP contribution in [0.25, 0.3) is 0 Å². The SMILES string of the molecule is NC(=O)C(O)C(O)c1ccc(Br)cc1F. The van der Waals surface area contributed by atoms with Crippen molar-refractivity contribution in [2.75, 3.05) is 0 Å². The largest absolute Gasteiger partial charge is 0.385 e. The quantitative estimate of drug-likeness (QED) is 0.751. The molecule has 1 rings (SSSR count). The number of carbonyl (C=O) groups excluding carboxylic acids is 1. The van der Waals surface area contributed by atoms with Crippen molar-refractivity contribution >= 4 is 21.8 Å². The second-order valence-corrected chi connectivity index (χ2v) is 3.87. The van der Waals surface area contributed by atoms with Crippen LogP contribution in [0.4, 0.5) is 4.39 Å². The molecule has 6 heteroatoms. The van der Waals surface area contributed by atoms with Crippen LogP contribution >= 0.6 is 15.9 Å². The molecule has 0 fully saturated rings. The first-order valence-corrected chi connectivity index (χ1v) is 4.83. The van der Waals surface area contributed by atoms with Crippen molar-refractivity contribution in [2.24, 2.45) is 5.73 Å². The van der Waals surface area contributed by atoms with Gasteiger partial charge in [-0.05, 0) is 12.1 Å². The zero-order chi connectivity index (χ0) is 11.6. The van der Waals surface area contributed by atoms with Crippen molar-refractivity contribution in [1.82, 2.24) is 0 Å².